The van der Waals surface area contributed by atoms with Crippen molar-refractivity contribution in [2.24, 2.45) is 5.10 Å². The van der Waals surface area contributed by atoms with Crippen molar-refractivity contribution in [3.05, 3.63) is 71.9 Å². The third kappa shape index (κ3) is 4.21. The van der Waals surface area contributed by atoms with Crippen molar-refractivity contribution in [2.75, 3.05) is 6.61 Å². The number of hydrogen-bond donors (Lipinski definition) is 2. The van der Waals surface area contributed by atoms with E-state index in [0.717, 1.165) is 10.9 Å². The van der Waals surface area contributed by atoms with Gasteiger partial charge in [0.15, 0.2) is 6.61 Å². The summed E-state index contributed by atoms with van der Waals surface area (Å²) >= 11 is 0. The van der Waals surface area contributed by atoms with Gasteiger partial charge in [0, 0.05) is 10.9 Å². The highest BCUT2D eigenvalue weighted by Crippen LogP contribution is 2.15. The normalized spacial score (nSPS) is 10.8. The number of pyridine rings is 1. The zero-order chi connectivity index (χ0) is 18.4. The molecule has 0 bridgehead atoms. The van der Waals surface area contributed by atoms with Crippen LogP contribution >= 0.6 is 0 Å². The van der Waals surface area contributed by atoms with Gasteiger partial charge in [0.2, 0.25) is 0 Å². The molecule has 7 nitrogen and oxygen atoms in total. The molecule has 0 fully saturated rings. The molecule has 1 aromatic heterocycles. The summed E-state index contributed by atoms with van der Waals surface area (Å²) in [7, 11) is 0. The van der Waals surface area contributed by atoms with Crippen molar-refractivity contribution in [2.45, 2.75) is 0 Å². The maximum absolute atomic E-state index is 12.2. The molecule has 0 aliphatic carbocycles. The first-order valence-electron chi connectivity index (χ1n) is 7.76. The molecule has 2 N–H and O–H groups in total. The molecule has 2 aromatic carbocycles. The zero-order valence-corrected chi connectivity index (χ0v) is 13.6. The quantitative estimate of drug-likeness (QED) is 0.526. The van der Waals surface area contributed by atoms with Crippen molar-refractivity contribution in [3.63, 3.8) is 0 Å². The summed E-state index contributed by atoms with van der Waals surface area (Å²) in [4.78, 5) is 27.1. The van der Waals surface area contributed by atoms with Gasteiger partial charge in [0.25, 0.3) is 5.91 Å². The van der Waals surface area contributed by atoms with E-state index in [1.54, 1.807) is 30.3 Å². The average Bonchev–Trinajstić information content (AvgIpc) is 2.66. The topological polar surface area (TPSA) is 101 Å². The number of aromatic nitrogens is 1. The van der Waals surface area contributed by atoms with Crippen molar-refractivity contribution in [3.8, 4) is 5.75 Å². The highest BCUT2D eigenvalue weighted by Gasteiger charge is 2.07. The Morgan fingerprint density at radius 1 is 1.08 bits per heavy atom. The van der Waals surface area contributed by atoms with Crippen LogP contribution in [0.5, 0.6) is 5.75 Å². The van der Waals surface area contributed by atoms with E-state index < -0.39 is 18.5 Å². The van der Waals surface area contributed by atoms with Gasteiger partial charge in [-0.15, -0.1) is 0 Å². The Morgan fingerprint density at radius 2 is 1.85 bits per heavy atom. The maximum atomic E-state index is 12.2. The molecular formula is C19H15N3O4. The number of carboxylic acids is 1. The smallest absolute Gasteiger partial charge is 0.341 e. The van der Waals surface area contributed by atoms with Gasteiger partial charge in [-0.05, 0) is 24.3 Å². The third-order valence-corrected chi connectivity index (χ3v) is 3.47. The average molecular weight is 349 g/mol. The van der Waals surface area contributed by atoms with Crippen LogP contribution in [0.25, 0.3) is 10.9 Å². The van der Waals surface area contributed by atoms with Crippen molar-refractivity contribution >= 4 is 29.0 Å². The lowest BCUT2D eigenvalue weighted by Crippen LogP contribution is -2.19. The zero-order valence-electron chi connectivity index (χ0n) is 13.6. The Labute approximate surface area is 148 Å². The molecule has 1 amide bonds. The molecule has 0 unspecified atom stereocenters. The summed E-state index contributed by atoms with van der Waals surface area (Å²) < 4.78 is 5.17. The first-order chi connectivity index (χ1) is 12.6. The lowest BCUT2D eigenvalue weighted by Gasteiger charge is -2.06. The van der Waals surface area contributed by atoms with Gasteiger partial charge in [0.1, 0.15) is 11.4 Å². The summed E-state index contributed by atoms with van der Waals surface area (Å²) in [6, 6.07) is 17.7. The fraction of sp³-hybridized carbons (Fsp3) is 0.0526. The number of nitrogens with zero attached hydrogens (tertiary/aromatic N) is 2. The number of para-hydroxylation sites is 2. The van der Waals surface area contributed by atoms with Crippen LogP contribution in [0.1, 0.15) is 16.1 Å². The number of carbonyl (C=O) groups is 2. The van der Waals surface area contributed by atoms with Gasteiger partial charge in [-0.1, -0.05) is 36.4 Å². The van der Waals surface area contributed by atoms with E-state index in [1.165, 1.54) is 6.21 Å². The summed E-state index contributed by atoms with van der Waals surface area (Å²) in [5.41, 5.74) is 3.91. The van der Waals surface area contributed by atoms with E-state index in [-0.39, 0.29) is 5.69 Å². The Bertz CT molecular complexity index is 985. The number of carboxylic acid groups (broad SMARTS) is 1. The molecule has 0 radical (unpaired) electrons. The van der Waals surface area contributed by atoms with Gasteiger partial charge in [-0.2, -0.15) is 5.10 Å². The SMILES string of the molecule is O=C(O)COc1ccccc1/C=N\NC(=O)c1ccc2ccccc2n1. The number of fused-ring (bicyclic) bond motifs is 1. The monoisotopic (exact) mass is 349 g/mol. The number of hydrogen-bond acceptors (Lipinski definition) is 5. The molecule has 130 valence electrons. The van der Waals surface area contributed by atoms with Gasteiger partial charge in [-0.25, -0.2) is 15.2 Å². The highest BCUT2D eigenvalue weighted by molar-refractivity contribution is 5.95. The summed E-state index contributed by atoms with van der Waals surface area (Å²) in [6.07, 6.45) is 1.39. The Hall–Kier alpha value is -3.74. The van der Waals surface area contributed by atoms with Crippen molar-refractivity contribution < 1.29 is 19.4 Å². The number of nitrogens with one attached hydrogen (secondary N) is 1. The van der Waals surface area contributed by atoms with Crippen LogP contribution in [0.4, 0.5) is 0 Å². The number of carbonyl (C=O) groups excluding carboxylic acids is 1. The lowest BCUT2D eigenvalue weighted by atomic mass is 10.2. The predicted molar refractivity (Wildman–Crippen MR) is 96.4 cm³/mol. The number of aliphatic carboxylic acids is 1. The van der Waals surface area contributed by atoms with E-state index in [2.05, 4.69) is 15.5 Å². The third-order valence-electron chi connectivity index (χ3n) is 3.47. The van der Waals surface area contributed by atoms with Gasteiger partial charge < -0.3 is 9.84 Å². The Balaban J connectivity index is 1.69. The number of hydrazone groups is 1. The van der Waals surface area contributed by atoms with E-state index in [0.29, 0.717) is 11.3 Å². The molecule has 0 aliphatic rings. The molecular weight excluding hydrogens is 334 g/mol. The van der Waals surface area contributed by atoms with Crippen molar-refractivity contribution in [1.29, 1.82) is 0 Å². The number of amides is 1. The first-order valence-corrected chi connectivity index (χ1v) is 7.76. The molecule has 0 aliphatic heterocycles. The van der Waals surface area contributed by atoms with Gasteiger partial charge in [0.05, 0.1) is 11.7 Å². The summed E-state index contributed by atoms with van der Waals surface area (Å²) in [5.74, 6) is -1.17. The summed E-state index contributed by atoms with van der Waals surface area (Å²) in [5, 5.41) is 13.5. The molecule has 0 saturated heterocycles. The van der Waals surface area contributed by atoms with Crippen LogP contribution < -0.4 is 10.2 Å². The molecule has 1 heterocycles. The number of ether oxygens (including phenoxy) is 1. The summed E-state index contributed by atoms with van der Waals surface area (Å²) in [6.45, 7) is -0.460. The standard InChI is InChI=1S/C19H15N3O4/c23-18(24)12-26-17-8-4-2-6-14(17)11-20-22-19(25)16-10-9-13-5-1-3-7-15(13)21-16/h1-11H,12H2,(H,22,25)(H,23,24)/b20-11-. The van der Waals surface area contributed by atoms with E-state index >= 15 is 0 Å². The van der Waals surface area contributed by atoms with Crippen LogP contribution in [0.15, 0.2) is 65.8 Å². The molecule has 26 heavy (non-hydrogen) atoms. The van der Waals surface area contributed by atoms with Crippen LogP contribution in [0.2, 0.25) is 0 Å². The van der Waals surface area contributed by atoms with Crippen LogP contribution in [0.3, 0.4) is 0 Å². The van der Waals surface area contributed by atoms with E-state index in [1.807, 2.05) is 30.3 Å². The Morgan fingerprint density at radius 3 is 2.69 bits per heavy atom. The minimum absolute atomic E-state index is 0.247. The molecule has 3 aromatic rings. The minimum Gasteiger partial charge on any atom is -0.481 e. The van der Waals surface area contributed by atoms with E-state index in [9.17, 15) is 9.59 Å². The predicted octanol–water partition coefficient (Wildman–Crippen LogP) is 2.46. The second-order valence-electron chi connectivity index (χ2n) is 5.31. The molecule has 3 rings (SSSR count). The lowest BCUT2D eigenvalue weighted by molar-refractivity contribution is -0.139. The first kappa shape index (κ1) is 17.1. The molecule has 0 atom stereocenters. The number of benzene rings is 2. The molecule has 0 saturated carbocycles. The maximum Gasteiger partial charge on any atom is 0.341 e. The number of rotatable bonds is 6. The van der Waals surface area contributed by atoms with Crippen molar-refractivity contribution in [1.82, 2.24) is 10.4 Å². The highest BCUT2D eigenvalue weighted by atomic mass is 16.5. The second kappa shape index (κ2) is 7.89. The Kier molecular flexibility index (Phi) is 5.19. The van der Waals surface area contributed by atoms with Gasteiger partial charge in [-0.3, -0.25) is 4.79 Å². The van der Waals surface area contributed by atoms with Crippen LogP contribution in [-0.2, 0) is 4.79 Å². The van der Waals surface area contributed by atoms with Crippen LogP contribution in [0, 0.1) is 0 Å². The molecule has 0 spiro atoms. The van der Waals surface area contributed by atoms with E-state index in [4.69, 9.17) is 9.84 Å². The minimum atomic E-state index is -1.08. The van der Waals surface area contributed by atoms with Gasteiger partial charge >= 0.3 is 5.97 Å². The largest absolute Gasteiger partial charge is 0.481 e. The molecule has 7 heteroatoms. The fourth-order valence-corrected chi connectivity index (χ4v) is 2.27. The second-order valence-corrected chi connectivity index (χ2v) is 5.31. The van der Waals surface area contributed by atoms with Crippen LogP contribution in [-0.4, -0.2) is 34.8 Å². The fourth-order valence-electron chi connectivity index (χ4n) is 2.27.